The first-order chi connectivity index (χ1) is 10.2. The van der Waals surface area contributed by atoms with Crippen LogP contribution in [0.5, 0.6) is 0 Å². The average molecular weight is 305 g/mol. The number of carbonyl (C=O) groups is 1. The second-order valence-corrected chi connectivity index (χ2v) is 5.60. The summed E-state index contributed by atoms with van der Waals surface area (Å²) in [6.45, 7) is 3.45. The number of aromatic nitrogens is 4. The number of carbonyl (C=O) groups excluding carboxylic acids is 1. The van der Waals surface area contributed by atoms with Crippen LogP contribution in [0.15, 0.2) is 35.5 Å². The third-order valence-corrected chi connectivity index (χ3v) is 4.17. The normalized spacial score (nSPS) is 10.6. The summed E-state index contributed by atoms with van der Waals surface area (Å²) in [5, 5.41) is 12.1. The number of tetrazole rings is 1. The minimum Gasteiger partial charge on any atom is -0.339 e. The van der Waals surface area contributed by atoms with Gasteiger partial charge in [-0.25, -0.2) is 4.68 Å². The lowest BCUT2D eigenvalue weighted by atomic mass is 10.2. The summed E-state index contributed by atoms with van der Waals surface area (Å²) in [4.78, 5) is 14.2. The molecule has 0 bridgehead atoms. The van der Waals surface area contributed by atoms with Gasteiger partial charge in [0.1, 0.15) is 0 Å². The predicted molar refractivity (Wildman–Crippen MR) is 82.2 cm³/mol. The fourth-order valence-corrected chi connectivity index (χ4v) is 2.70. The summed E-state index contributed by atoms with van der Waals surface area (Å²) in [6, 6.07) is 9.39. The Morgan fingerprint density at radius 2 is 2.10 bits per heavy atom. The van der Waals surface area contributed by atoms with E-state index in [4.69, 9.17) is 0 Å². The van der Waals surface area contributed by atoms with Gasteiger partial charge in [-0.05, 0) is 35.9 Å². The van der Waals surface area contributed by atoms with Crippen molar-refractivity contribution in [3.63, 3.8) is 0 Å². The summed E-state index contributed by atoms with van der Waals surface area (Å²) < 4.78 is 1.65. The fourth-order valence-electron chi connectivity index (χ4n) is 1.93. The topological polar surface area (TPSA) is 63.9 Å². The quantitative estimate of drug-likeness (QED) is 0.577. The third kappa shape index (κ3) is 4.29. The predicted octanol–water partition coefficient (Wildman–Crippen LogP) is 1.85. The number of aryl methyl sites for hydroxylation is 1. The Morgan fingerprint density at radius 1 is 1.33 bits per heavy atom. The molecule has 21 heavy (non-hydrogen) atoms. The molecular weight excluding hydrogens is 286 g/mol. The van der Waals surface area contributed by atoms with Crippen LogP contribution in [0.1, 0.15) is 23.7 Å². The first-order valence-corrected chi connectivity index (χ1v) is 7.90. The minimum atomic E-state index is 0.0865. The van der Waals surface area contributed by atoms with Crippen LogP contribution in [-0.2, 0) is 7.05 Å². The highest BCUT2D eigenvalue weighted by atomic mass is 32.2. The van der Waals surface area contributed by atoms with Crippen LogP contribution >= 0.6 is 11.8 Å². The van der Waals surface area contributed by atoms with Gasteiger partial charge in [-0.2, -0.15) is 0 Å². The first-order valence-electron chi connectivity index (χ1n) is 6.92. The Morgan fingerprint density at radius 3 is 2.71 bits per heavy atom. The molecule has 1 aromatic carbocycles. The zero-order valence-electron chi connectivity index (χ0n) is 12.3. The molecule has 1 aromatic heterocycles. The molecule has 2 aromatic rings. The monoisotopic (exact) mass is 305 g/mol. The van der Waals surface area contributed by atoms with Gasteiger partial charge in [0.2, 0.25) is 5.16 Å². The van der Waals surface area contributed by atoms with Crippen LogP contribution in [-0.4, -0.2) is 49.9 Å². The van der Waals surface area contributed by atoms with Crippen molar-refractivity contribution in [1.82, 2.24) is 25.1 Å². The fraction of sp³-hybridized carbons (Fsp3) is 0.429. The molecule has 0 aliphatic heterocycles. The molecule has 0 saturated carbocycles. The molecule has 112 valence electrons. The maximum atomic E-state index is 12.3. The molecule has 0 atom stereocenters. The van der Waals surface area contributed by atoms with Crippen molar-refractivity contribution in [2.75, 3.05) is 18.8 Å². The molecule has 7 heteroatoms. The molecular formula is C14H19N5OS. The highest BCUT2D eigenvalue weighted by Crippen LogP contribution is 2.14. The highest BCUT2D eigenvalue weighted by Gasteiger charge is 2.13. The van der Waals surface area contributed by atoms with Gasteiger partial charge < -0.3 is 4.90 Å². The number of hydrogen-bond donors (Lipinski definition) is 0. The lowest BCUT2D eigenvalue weighted by Crippen LogP contribution is -2.32. The van der Waals surface area contributed by atoms with Crippen molar-refractivity contribution in [2.24, 2.45) is 7.05 Å². The molecule has 6 nitrogen and oxygen atoms in total. The van der Waals surface area contributed by atoms with Gasteiger partial charge >= 0.3 is 0 Å². The molecule has 1 amide bonds. The number of nitrogens with zero attached hydrogens (tertiary/aromatic N) is 5. The van der Waals surface area contributed by atoms with Gasteiger partial charge in [0, 0.05) is 31.5 Å². The first kappa shape index (κ1) is 15.5. The Kier molecular flexibility index (Phi) is 5.74. The van der Waals surface area contributed by atoms with E-state index in [0.29, 0.717) is 6.54 Å². The van der Waals surface area contributed by atoms with Crippen molar-refractivity contribution < 1.29 is 4.79 Å². The van der Waals surface area contributed by atoms with Crippen LogP contribution in [0.25, 0.3) is 0 Å². The molecule has 1 heterocycles. The van der Waals surface area contributed by atoms with E-state index >= 15 is 0 Å². The number of benzene rings is 1. The molecule has 0 unspecified atom stereocenters. The standard InChI is InChI=1S/C14H19N5OS/c1-3-19(13(20)12-8-5-4-6-9-12)10-7-11-21-14-15-16-17-18(14)2/h4-6,8-9H,3,7,10-11H2,1-2H3. The SMILES string of the molecule is CCN(CCCSc1nnnn1C)C(=O)c1ccccc1. The zero-order chi connectivity index (χ0) is 15.1. The number of rotatable bonds is 7. The molecule has 0 N–H and O–H groups in total. The van der Waals surface area contributed by atoms with Crippen LogP contribution in [0, 0.1) is 0 Å². The van der Waals surface area contributed by atoms with E-state index in [-0.39, 0.29) is 5.91 Å². The van der Waals surface area contributed by atoms with E-state index in [1.165, 1.54) is 0 Å². The van der Waals surface area contributed by atoms with Gasteiger partial charge in [-0.15, -0.1) is 5.10 Å². The summed E-state index contributed by atoms with van der Waals surface area (Å²) in [7, 11) is 1.82. The van der Waals surface area contributed by atoms with Crippen molar-refractivity contribution in [3.05, 3.63) is 35.9 Å². The smallest absolute Gasteiger partial charge is 0.253 e. The average Bonchev–Trinajstić information content (AvgIpc) is 2.93. The number of amides is 1. The Labute approximate surface area is 128 Å². The largest absolute Gasteiger partial charge is 0.339 e. The van der Waals surface area contributed by atoms with Gasteiger partial charge in [-0.1, -0.05) is 30.0 Å². The van der Waals surface area contributed by atoms with Gasteiger partial charge in [0.25, 0.3) is 5.91 Å². The molecule has 0 radical (unpaired) electrons. The lowest BCUT2D eigenvalue weighted by Gasteiger charge is -2.20. The van der Waals surface area contributed by atoms with E-state index < -0.39 is 0 Å². The van der Waals surface area contributed by atoms with E-state index in [1.54, 1.807) is 16.4 Å². The van der Waals surface area contributed by atoms with Crippen LogP contribution in [0.3, 0.4) is 0 Å². The van der Waals surface area contributed by atoms with E-state index in [1.807, 2.05) is 49.2 Å². The Balaban J connectivity index is 1.80. The van der Waals surface area contributed by atoms with Crippen LogP contribution < -0.4 is 0 Å². The summed E-state index contributed by atoms with van der Waals surface area (Å²) in [6.07, 6.45) is 0.907. The lowest BCUT2D eigenvalue weighted by molar-refractivity contribution is 0.0765. The van der Waals surface area contributed by atoms with Crippen LogP contribution in [0.4, 0.5) is 0 Å². The number of thioether (sulfide) groups is 1. The van der Waals surface area contributed by atoms with Crippen molar-refractivity contribution >= 4 is 17.7 Å². The molecule has 0 aliphatic rings. The van der Waals surface area contributed by atoms with Crippen molar-refractivity contribution in [3.8, 4) is 0 Å². The molecule has 0 saturated heterocycles. The van der Waals surface area contributed by atoms with Gasteiger partial charge in [0.05, 0.1) is 0 Å². The second kappa shape index (κ2) is 7.78. The maximum absolute atomic E-state index is 12.3. The van der Waals surface area contributed by atoms with E-state index in [2.05, 4.69) is 15.5 Å². The van der Waals surface area contributed by atoms with Crippen molar-refractivity contribution in [2.45, 2.75) is 18.5 Å². The van der Waals surface area contributed by atoms with Gasteiger partial charge in [0.15, 0.2) is 0 Å². The van der Waals surface area contributed by atoms with E-state index in [0.717, 1.165) is 29.4 Å². The Hall–Kier alpha value is -1.89. The summed E-state index contributed by atoms with van der Waals surface area (Å²) in [5.41, 5.74) is 0.740. The van der Waals surface area contributed by atoms with E-state index in [9.17, 15) is 4.79 Å². The molecule has 0 fully saturated rings. The summed E-state index contributed by atoms with van der Waals surface area (Å²) >= 11 is 1.60. The number of hydrogen-bond acceptors (Lipinski definition) is 5. The maximum Gasteiger partial charge on any atom is 0.253 e. The second-order valence-electron chi connectivity index (χ2n) is 4.54. The van der Waals surface area contributed by atoms with Crippen LogP contribution in [0.2, 0.25) is 0 Å². The highest BCUT2D eigenvalue weighted by molar-refractivity contribution is 7.99. The molecule has 0 aliphatic carbocycles. The third-order valence-electron chi connectivity index (χ3n) is 3.07. The zero-order valence-corrected chi connectivity index (χ0v) is 13.1. The Bertz CT molecular complexity index is 572. The van der Waals surface area contributed by atoms with Crippen molar-refractivity contribution in [1.29, 1.82) is 0 Å². The minimum absolute atomic E-state index is 0.0865. The van der Waals surface area contributed by atoms with Gasteiger partial charge in [-0.3, -0.25) is 4.79 Å². The summed E-state index contributed by atoms with van der Waals surface area (Å²) in [5.74, 6) is 0.968. The molecule has 0 spiro atoms. The molecule has 2 rings (SSSR count).